The van der Waals surface area contributed by atoms with Crippen LogP contribution in [0.4, 0.5) is 5.82 Å². The van der Waals surface area contributed by atoms with Gasteiger partial charge in [-0.25, -0.2) is 9.97 Å². The van der Waals surface area contributed by atoms with Gasteiger partial charge in [0.05, 0.1) is 7.11 Å². The molecule has 0 radical (unpaired) electrons. The molecule has 2 aromatic heterocycles. The summed E-state index contributed by atoms with van der Waals surface area (Å²) >= 11 is 0. The molecular weight excluding hydrogens is 230 g/mol. The fraction of sp³-hybridized carbons (Fsp3) is 0.154. The molecule has 0 aliphatic carbocycles. The third-order valence-corrected chi connectivity index (χ3v) is 2.34. The summed E-state index contributed by atoms with van der Waals surface area (Å²) in [6.45, 7) is 1.86. The van der Waals surface area contributed by atoms with Crippen molar-refractivity contribution in [2.45, 2.75) is 6.92 Å². The largest absolute Gasteiger partial charge is 0.480 e. The van der Waals surface area contributed by atoms with E-state index in [-0.39, 0.29) is 5.91 Å². The predicted octanol–water partition coefficient (Wildman–Crippen LogP) is 2.05. The minimum absolute atomic E-state index is 0.293. The van der Waals surface area contributed by atoms with Crippen molar-refractivity contribution in [1.82, 2.24) is 9.97 Å². The van der Waals surface area contributed by atoms with Crippen molar-refractivity contribution in [2.24, 2.45) is 0 Å². The molecule has 1 N–H and O–H groups in total. The first-order valence-electron chi connectivity index (χ1n) is 5.44. The minimum Gasteiger partial charge on any atom is -0.480 e. The van der Waals surface area contributed by atoms with Gasteiger partial charge >= 0.3 is 0 Å². The zero-order valence-corrected chi connectivity index (χ0v) is 10.2. The molecule has 5 heteroatoms. The van der Waals surface area contributed by atoms with Crippen LogP contribution in [0.15, 0.2) is 36.5 Å². The first-order valence-corrected chi connectivity index (χ1v) is 5.44. The highest BCUT2D eigenvalue weighted by molar-refractivity contribution is 6.05. The van der Waals surface area contributed by atoms with Gasteiger partial charge in [0.2, 0.25) is 5.88 Å². The molecule has 0 aromatic carbocycles. The number of aryl methyl sites for hydroxylation is 1. The van der Waals surface area contributed by atoms with Crippen LogP contribution in [-0.4, -0.2) is 23.0 Å². The molecule has 2 heterocycles. The van der Waals surface area contributed by atoms with Crippen molar-refractivity contribution in [3.8, 4) is 5.88 Å². The molecule has 1 amide bonds. The number of carbonyl (C=O) groups excluding carboxylic acids is 1. The first kappa shape index (κ1) is 12.0. The summed E-state index contributed by atoms with van der Waals surface area (Å²) in [5.74, 6) is 0.506. The maximum atomic E-state index is 12.0. The van der Waals surface area contributed by atoms with Gasteiger partial charge in [0, 0.05) is 11.9 Å². The lowest BCUT2D eigenvalue weighted by Crippen LogP contribution is -2.14. The van der Waals surface area contributed by atoms with Crippen LogP contribution in [0.1, 0.15) is 16.1 Å². The van der Waals surface area contributed by atoms with Crippen LogP contribution in [0, 0.1) is 6.92 Å². The number of hydrogen-bond donors (Lipinski definition) is 1. The first-order chi connectivity index (χ1) is 8.70. The molecule has 92 valence electrons. The molecule has 18 heavy (non-hydrogen) atoms. The number of nitrogens with zero attached hydrogens (tertiary/aromatic N) is 2. The lowest BCUT2D eigenvalue weighted by Gasteiger charge is -2.07. The van der Waals surface area contributed by atoms with Gasteiger partial charge in [-0.05, 0) is 31.2 Å². The Kier molecular flexibility index (Phi) is 3.52. The number of aromatic nitrogens is 2. The van der Waals surface area contributed by atoms with Gasteiger partial charge in [-0.1, -0.05) is 6.07 Å². The number of carbonyl (C=O) groups is 1. The number of nitrogens with one attached hydrogen (secondary N) is 1. The molecule has 0 aliphatic rings. The van der Waals surface area contributed by atoms with E-state index in [1.54, 1.807) is 24.4 Å². The summed E-state index contributed by atoms with van der Waals surface area (Å²) in [4.78, 5) is 20.2. The number of rotatable bonds is 3. The Labute approximate surface area is 105 Å². The topological polar surface area (TPSA) is 64.1 Å². The van der Waals surface area contributed by atoms with Gasteiger partial charge in [0.25, 0.3) is 5.91 Å². The average molecular weight is 243 g/mol. The number of amides is 1. The maximum Gasteiger partial charge on any atom is 0.262 e. The number of pyridine rings is 2. The Hall–Kier alpha value is -2.43. The molecule has 2 rings (SSSR count). The number of methoxy groups -OCH3 is 1. The summed E-state index contributed by atoms with van der Waals surface area (Å²) in [5, 5.41) is 2.70. The van der Waals surface area contributed by atoms with Crippen molar-refractivity contribution < 1.29 is 9.53 Å². The van der Waals surface area contributed by atoms with Crippen LogP contribution < -0.4 is 10.1 Å². The molecule has 5 nitrogen and oxygen atoms in total. The molecule has 2 aromatic rings. The molecule has 0 unspecified atom stereocenters. The van der Waals surface area contributed by atoms with Gasteiger partial charge in [-0.15, -0.1) is 0 Å². The van der Waals surface area contributed by atoms with Gasteiger partial charge < -0.3 is 10.1 Å². The molecule has 0 saturated heterocycles. The highest BCUT2D eigenvalue weighted by Crippen LogP contribution is 2.15. The number of anilines is 1. The van der Waals surface area contributed by atoms with E-state index in [0.717, 1.165) is 5.69 Å². The lowest BCUT2D eigenvalue weighted by atomic mass is 10.2. The Morgan fingerprint density at radius 3 is 2.83 bits per heavy atom. The quantitative estimate of drug-likeness (QED) is 0.896. The Morgan fingerprint density at radius 1 is 1.28 bits per heavy atom. The number of ether oxygens (including phenoxy) is 1. The smallest absolute Gasteiger partial charge is 0.262 e. The molecule has 0 bridgehead atoms. The second kappa shape index (κ2) is 5.27. The Bertz CT molecular complexity index is 570. The highest BCUT2D eigenvalue weighted by atomic mass is 16.5. The van der Waals surface area contributed by atoms with E-state index in [0.29, 0.717) is 17.3 Å². The fourth-order valence-corrected chi connectivity index (χ4v) is 1.52. The normalized spacial score (nSPS) is 9.89. The van der Waals surface area contributed by atoms with Crippen molar-refractivity contribution in [1.29, 1.82) is 0 Å². The predicted molar refractivity (Wildman–Crippen MR) is 67.7 cm³/mol. The second-order valence-corrected chi connectivity index (χ2v) is 3.68. The molecule has 0 fully saturated rings. The molecule has 0 spiro atoms. The zero-order valence-electron chi connectivity index (χ0n) is 10.2. The van der Waals surface area contributed by atoms with Crippen molar-refractivity contribution in [2.75, 3.05) is 12.4 Å². The monoisotopic (exact) mass is 243 g/mol. The fourth-order valence-electron chi connectivity index (χ4n) is 1.52. The molecular formula is C13H13N3O2. The van der Waals surface area contributed by atoms with Crippen LogP contribution in [0.25, 0.3) is 0 Å². The molecule has 0 atom stereocenters. The lowest BCUT2D eigenvalue weighted by molar-refractivity contribution is 0.102. The summed E-state index contributed by atoms with van der Waals surface area (Å²) in [6.07, 6.45) is 1.57. The SMILES string of the molecule is COc1ncccc1C(=O)Nc1cccc(C)n1. The van der Waals surface area contributed by atoms with Gasteiger partial charge in [0.1, 0.15) is 11.4 Å². The van der Waals surface area contributed by atoms with E-state index >= 15 is 0 Å². The van der Waals surface area contributed by atoms with E-state index in [4.69, 9.17) is 4.74 Å². The van der Waals surface area contributed by atoms with Crippen molar-refractivity contribution in [3.05, 3.63) is 47.8 Å². The van der Waals surface area contributed by atoms with E-state index in [2.05, 4.69) is 15.3 Å². The summed E-state index contributed by atoms with van der Waals surface area (Å²) in [6, 6.07) is 8.75. The third kappa shape index (κ3) is 2.63. The van der Waals surface area contributed by atoms with Crippen LogP contribution in [0.2, 0.25) is 0 Å². The van der Waals surface area contributed by atoms with E-state index in [1.807, 2.05) is 19.1 Å². The average Bonchev–Trinajstić information content (AvgIpc) is 2.38. The molecule has 0 aliphatic heterocycles. The van der Waals surface area contributed by atoms with E-state index in [1.165, 1.54) is 7.11 Å². The minimum atomic E-state index is -0.293. The van der Waals surface area contributed by atoms with E-state index < -0.39 is 0 Å². The maximum absolute atomic E-state index is 12.0. The summed E-state index contributed by atoms with van der Waals surface area (Å²) in [7, 11) is 1.48. The molecule has 0 saturated carbocycles. The summed E-state index contributed by atoms with van der Waals surface area (Å²) < 4.78 is 5.04. The standard InChI is InChI=1S/C13H13N3O2/c1-9-5-3-7-11(15-9)16-12(17)10-6-4-8-14-13(10)18-2/h3-8H,1-2H3,(H,15,16,17). The van der Waals surface area contributed by atoms with Crippen molar-refractivity contribution >= 4 is 11.7 Å². The number of hydrogen-bond acceptors (Lipinski definition) is 4. The van der Waals surface area contributed by atoms with E-state index in [9.17, 15) is 4.79 Å². The Balaban J connectivity index is 2.22. The van der Waals surface area contributed by atoms with Crippen LogP contribution in [0.3, 0.4) is 0 Å². The van der Waals surface area contributed by atoms with Gasteiger partial charge in [-0.2, -0.15) is 0 Å². The van der Waals surface area contributed by atoms with Crippen LogP contribution in [-0.2, 0) is 0 Å². The third-order valence-electron chi connectivity index (χ3n) is 2.34. The van der Waals surface area contributed by atoms with Crippen LogP contribution >= 0.6 is 0 Å². The Morgan fingerprint density at radius 2 is 2.11 bits per heavy atom. The zero-order chi connectivity index (χ0) is 13.0. The second-order valence-electron chi connectivity index (χ2n) is 3.68. The summed E-state index contributed by atoms with van der Waals surface area (Å²) in [5.41, 5.74) is 1.22. The highest BCUT2D eigenvalue weighted by Gasteiger charge is 2.13. The van der Waals surface area contributed by atoms with Gasteiger partial charge in [0.15, 0.2) is 0 Å². The van der Waals surface area contributed by atoms with Crippen molar-refractivity contribution in [3.63, 3.8) is 0 Å². The van der Waals surface area contributed by atoms with Gasteiger partial charge in [-0.3, -0.25) is 4.79 Å². The van der Waals surface area contributed by atoms with Crippen LogP contribution in [0.5, 0.6) is 5.88 Å².